The quantitative estimate of drug-likeness (QED) is 0.847. The maximum atomic E-state index is 12.5. The first-order valence-corrected chi connectivity index (χ1v) is 8.87. The maximum absolute atomic E-state index is 12.5. The minimum absolute atomic E-state index is 0.0897. The average molecular weight is 316 g/mol. The minimum Gasteiger partial charge on any atom is -0.497 e. The third-order valence-corrected chi connectivity index (χ3v) is 5.31. The van der Waals surface area contributed by atoms with Gasteiger partial charge in [-0.25, -0.2) is 0 Å². The summed E-state index contributed by atoms with van der Waals surface area (Å²) in [5.41, 5.74) is 1.15. The van der Waals surface area contributed by atoms with Gasteiger partial charge in [-0.15, -0.1) is 0 Å². The van der Waals surface area contributed by atoms with Gasteiger partial charge < -0.3 is 15.4 Å². The van der Waals surface area contributed by atoms with Crippen LogP contribution in [0.15, 0.2) is 24.3 Å². The summed E-state index contributed by atoms with van der Waals surface area (Å²) in [5, 5.41) is 6.86. The second kappa shape index (κ2) is 7.35. The van der Waals surface area contributed by atoms with Crippen molar-refractivity contribution in [1.82, 2.24) is 10.6 Å². The highest BCUT2D eigenvalue weighted by Gasteiger charge is 2.34. The van der Waals surface area contributed by atoms with E-state index in [1.54, 1.807) is 7.11 Å². The van der Waals surface area contributed by atoms with Gasteiger partial charge in [0.25, 0.3) is 0 Å². The Morgan fingerprint density at radius 1 is 1.26 bits per heavy atom. The van der Waals surface area contributed by atoms with Crippen molar-refractivity contribution in [3.63, 3.8) is 0 Å². The Bertz CT molecular complexity index is 517. The molecular weight excluding hydrogens is 288 g/mol. The van der Waals surface area contributed by atoms with E-state index in [9.17, 15) is 4.79 Å². The van der Waals surface area contributed by atoms with Crippen LogP contribution in [0, 0.1) is 5.92 Å². The number of amides is 1. The number of hydrogen-bond donors (Lipinski definition) is 2. The van der Waals surface area contributed by atoms with Gasteiger partial charge in [-0.05, 0) is 55.7 Å². The molecule has 23 heavy (non-hydrogen) atoms. The summed E-state index contributed by atoms with van der Waals surface area (Å²) >= 11 is 0. The Morgan fingerprint density at radius 3 is 2.48 bits per heavy atom. The fourth-order valence-electron chi connectivity index (χ4n) is 4.11. The number of carbonyl (C=O) groups is 1. The summed E-state index contributed by atoms with van der Waals surface area (Å²) in [6.07, 6.45) is 6.45. The zero-order chi connectivity index (χ0) is 16.2. The molecule has 4 heteroatoms. The minimum atomic E-state index is 0.0897. The fraction of sp³-hybridized carbons (Fsp3) is 0.632. The van der Waals surface area contributed by atoms with Crippen LogP contribution in [0.5, 0.6) is 5.75 Å². The first kappa shape index (κ1) is 16.3. The SMILES string of the molecule is CCC(NC(=O)CC1CC2CCC(C1)N2)c1ccc(OC)cc1. The number of rotatable bonds is 6. The lowest BCUT2D eigenvalue weighted by atomic mass is 9.89. The summed E-state index contributed by atoms with van der Waals surface area (Å²) in [6, 6.07) is 9.37. The topological polar surface area (TPSA) is 50.4 Å². The predicted octanol–water partition coefficient (Wildman–Crippen LogP) is 3.18. The number of fused-ring (bicyclic) bond motifs is 2. The number of nitrogens with one attached hydrogen (secondary N) is 2. The van der Waals surface area contributed by atoms with E-state index in [2.05, 4.69) is 17.6 Å². The largest absolute Gasteiger partial charge is 0.497 e. The fourth-order valence-corrected chi connectivity index (χ4v) is 4.11. The Kier molecular flexibility index (Phi) is 5.21. The smallest absolute Gasteiger partial charge is 0.220 e. The van der Waals surface area contributed by atoms with Gasteiger partial charge in [0.2, 0.25) is 5.91 Å². The molecule has 1 aromatic rings. The molecule has 1 aromatic carbocycles. The number of piperidine rings is 1. The molecule has 3 unspecified atom stereocenters. The molecule has 3 rings (SSSR count). The number of ether oxygens (including phenoxy) is 1. The molecule has 2 fully saturated rings. The van der Waals surface area contributed by atoms with Crippen LogP contribution in [0.4, 0.5) is 0 Å². The Morgan fingerprint density at radius 2 is 1.91 bits per heavy atom. The molecule has 2 saturated heterocycles. The van der Waals surface area contributed by atoms with Gasteiger partial charge in [0.05, 0.1) is 13.2 Å². The summed E-state index contributed by atoms with van der Waals surface area (Å²) in [6.45, 7) is 2.11. The summed E-state index contributed by atoms with van der Waals surface area (Å²) in [5.74, 6) is 1.58. The molecule has 0 spiro atoms. The van der Waals surface area contributed by atoms with Gasteiger partial charge in [-0.3, -0.25) is 4.79 Å². The van der Waals surface area contributed by atoms with Crippen LogP contribution in [0.25, 0.3) is 0 Å². The lowest BCUT2D eigenvalue weighted by Gasteiger charge is -2.29. The molecule has 0 aromatic heterocycles. The van der Waals surface area contributed by atoms with Crippen LogP contribution in [0.3, 0.4) is 0 Å². The van der Waals surface area contributed by atoms with Crippen molar-refractivity contribution in [2.75, 3.05) is 7.11 Å². The molecule has 2 bridgehead atoms. The summed E-state index contributed by atoms with van der Waals surface area (Å²) in [7, 11) is 1.67. The van der Waals surface area contributed by atoms with E-state index in [4.69, 9.17) is 4.74 Å². The van der Waals surface area contributed by atoms with Gasteiger partial charge in [0.1, 0.15) is 5.75 Å². The van der Waals surface area contributed by atoms with Gasteiger partial charge in [-0.1, -0.05) is 19.1 Å². The van der Waals surface area contributed by atoms with Crippen molar-refractivity contribution in [3.8, 4) is 5.75 Å². The Labute approximate surface area is 139 Å². The molecule has 0 saturated carbocycles. The number of benzene rings is 1. The van der Waals surface area contributed by atoms with Crippen LogP contribution >= 0.6 is 0 Å². The van der Waals surface area contributed by atoms with Crippen LogP contribution in [-0.2, 0) is 4.79 Å². The number of carbonyl (C=O) groups excluding carboxylic acids is 1. The van der Waals surface area contributed by atoms with E-state index in [0.29, 0.717) is 24.4 Å². The molecule has 1 amide bonds. The van der Waals surface area contributed by atoms with E-state index in [1.807, 2.05) is 24.3 Å². The lowest BCUT2D eigenvalue weighted by Crippen LogP contribution is -2.40. The third kappa shape index (κ3) is 4.05. The van der Waals surface area contributed by atoms with Gasteiger partial charge in [0, 0.05) is 18.5 Å². The number of methoxy groups -OCH3 is 1. The van der Waals surface area contributed by atoms with Crippen LogP contribution in [0.2, 0.25) is 0 Å². The molecule has 0 aliphatic carbocycles. The zero-order valence-electron chi connectivity index (χ0n) is 14.2. The second-order valence-corrected chi connectivity index (χ2v) is 6.98. The molecule has 0 radical (unpaired) electrons. The van der Waals surface area contributed by atoms with Crippen molar-refractivity contribution in [2.24, 2.45) is 5.92 Å². The van der Waals surface area contributed by atoms with Crippen LogP contribution < -0.4 is 15.4 Å². The van der Waals surface area contributed by atoms with Crippen molar-refractivity contribution < 1.29 is 9.53 Å². The summed E-state index contributed by atoms with van der Waals surface area (Å²) in [4.78, 5) is 12.5. The van der Waals surface area contributed by atoms with Crippen molar-refractivity contribution in [3.05, 3.63) is 29.8 Å². The molecule has 2 aliphatic heterocycles. The highest BCUT2D eigenvalue weighted by atomic mass is 16.5. The first-order valence-electron chi connectivity index (χ1n) is 8.87. The average Bonchev–Trinajstić information content (AvgIpc) is 2.91. The second-order valence-electron chi connectivity index (χ2n) is 6.98. The van der Waals surface area contributed by atoms with E-state index in [-0.39, 0.29) is 11.9 Å². The van der Waals surface area contributed by atoms with Gasteiger partial charge >= 0.3 is 0 Å². The van der Waals surface area contributed by atoms with Crippen LogP contribution in [0.1, 0.15) is 57.1 Å². The van der Waals surface area contributed by atoms with E-state index in [0.717, 1.165) is 30.6 Å². The lowest BCUT2D eigenvalue weighted by molar-refractivity contribution is -0.123. The zero-order valence-corrected chi connectivity index (χ0v) is 14.2. The molecule has 2 N–H and O–H groups in total. The highest BCUT2D eigenvalue weighted by Crippen LogP contribution is 2.32. The van der Waals surface area contributed by atoms with Gasteiger partial charge in [0.15, 0.2) is 0 Å². The Hall–Kier alpha value is -1.55. The number of hydrogen-bond acceptors (Lipinski definition) is 3. The first-order chi connectivity index (χ1) is 11.2. The normalized spacial score (nSPS) is 27.5. The monoisotopic (exact) mass is 316 g/mol. The van der Waals surface area contributed by atoms with Gasteiger partial charge in [-0.2, -0.15) is 0 Å². The molecular formula is C19H28N2O2. The van der Waals surface area contributed by atoms with E-state index < -0.39 is 0 Å². The molecule has 2 heterocycles. The summed E-state index contributed by atoms with van der Waals surface area (Å²) < 4.78 is 5.20. The highest BCUT2D eigenvalue weighted by molar-refractivity contribution is 5.76. The van der Waals surface area contributed by atoms with Crippen molar-refractivity contribution >= 4 is 5.91 Å². The third-order valence-electron chi connectivity index (χ3n) is 5.31. The maximum Gasteiger partial charge on any atom is 0.220 e. The molecule has 126 valence electrons. The van der Waals surface area contributed by atoms with Crippen LogP contribution in [-0.4, -0.2) is 25.1 Å². The standard InChI is InChI=1S/C19H28N2O2/c1-3-18(14-4-8-17(23-2)9-5-14)21-19(22)12-13-10-15-6-7-16(11-13)20-15/h4-5,8-9,13,15-16,18,20H,3,6-7,10-12H2,1-2H3,(H,21,22). The van der Waals surface area contributed by atoms with Crippen molar-refractivity contribution in [1.29, 1.82) is 0 Å². The van der Waals surface area contributed by atoms with E-state index in [1.165, 1.54) is 12.8 Å². The molecule has 2 aliphatic rings. The molecule has 4 nitrogen and oxygen atoms in total. The predicted molar refractivity (Wildman–Crippen MR) is 91.5 cm³/mol. The van der Waals surface area contributed by atoms with Crippen molar-refractivity contribution in [2.45, 2.75) is 63.6 Å². The van der Waals surface area contributed by atoms with E-state index >= 15 is 0 Å². The molecule has 3 atom stereocenters. The Balaban J connectivity index is 1.54.